The SMILES string of the molecule is Cc1cc(-c2ncn(/C=C\C(=O)N3CCCN3CC(F)(F)F)n2)cc(C(F)(F)F)c1. The first-order valence-electron chi connectivity index (χ1n) is 8.84. The molecule has 0 unspecified atom stereocenters. The molecule has 2 aromatic rings. The van der Waals surface area contributed by atoms with E-state index in [1.54, 1.807) is 0 Å². The van der Waals surface area contributed by atoms with E-state index < -0.39 is 30.4 Å². The number of carbonyl (C=O) groups excluding carboxylic acids is 1. The number of benzene rings is 1. The zero-order valence-electron chi connectivity index (χ0n) is 15.7. The van der Waals surface area contributed by atoms with Crippen molar-refractivity contribution in [2.45, 2.75) is 25.7 Å². The van der Waals surface area contributed by atoms with Crippen LogP contribution in [0, 0.1) is 6.92 Å². The summed E-state index contributed by atoms with van der Waals surface area (Å²) in [5.74, 6) is -0.648. The van der Waals surface area contributed by atoms with Crippen molar-refractivity contribution < 1.29 is 31.1 Å². The van der Waals surface area contributed by atoms with Crippen molar-refractivity contribution in [3.05, 3.63) is 41.7 Å². The maximum Gasteiger partial charge on any atom is 0.416 e. The molecule has 1 fully saturated rings. The highest BCUT2D eigenvalue weighted by atomic mass is 19.4. The number of aromatic nitrogens is 3. The van der Waals surface area contributed by atoms with Gasteiger partial charge in [0.25, 0.3) is 5.91 Å². The molecule has 0 aliphatic carbocycles. The van der Waals surface area contributed by atoms with Gasteiger partial charge in [0.05, 0.1) is 5.56 Å². The molecule has 30 heavy (non-hydrogen) atoms. The first kappa shape index (κ1) is 21.8. The van der Waals surface area contributed by atoms with Gasteiger partial charge >= 0.3 is 12.4 Å². The number of aryl methyl sites for hydroxylation is 1. The van der Waals surface area contributed by atoms with Gasteiger partial charge in [-0.15, -0.1) is 5.10 Å². The van der Waals surface area contributed by atoms with Gasteiger partial charge in [0.1, 0.15) is 12.9 Å². The lowest BCUT2D eigenvalue weighted by atomic mass is 10.1. The first-order chi connectivity index (χ1) is 13.9. The molecule has 0 spiro atoms. The average Bonchev–Trinajstić information content (AvgIpc) is 3.26. The zero-order chi connectivity index (χ0) is 22.1. The number of hydrazine groups is 1. The van der Waals surface area contributed by atoms with E-state index in [4.69, 9.17) is 0 Å². The van der Waals surface area contributed by atoms with Gasteiger partial charge in [-0.2, -0.15) is 26.3 Å². The van der Waals surface area contributed by atoms with Crippen molar-refractivity contribution >= 4 is 12.1 Å². The topological polar surface area (TPSA) is 54.3 Å². The third kappa shape index (κ3) is 5.38. The van der Waals surface area contributed by atoms with E-state index >= 15 is 0 Å². The molecule has 0 radical (unpaired) electrons. The summed E-state index contributed by atoms with van der Waals surface area (Å²) in [6.07, 6.45) is -5.14. The van der Waals surface area contributed by atoms with E-state index in [2.05, 4.69) is 10.1 Å². The van der Waals surface area contributed by atoms with Gasteiger partial charge in [-0.05, 0) is 37.1 Å². The summed E-state index contributed by atoms with van der Waals surface area (Å²) in [5, 5.41) is 5.93. The van der Waals surface area contributed by atoms with Crippen LogP contribution in [0.3, 0.4) is 0 Å². The van der Waals surface area contributed by atoms with E-state index in [0.717, 1.165) is 32.9 Å². The molecule has 0 saturated carbocycles. The molecule has 12 heteroatoms. The molecule has 2 heterocycles. The van der Waals surface area contributed by atoms with Crippen LogP contribution in [-0.2, 0) is 11.0 Å². The molecule has 0 N–H and O–H groups in total. The summed E-state index contributed by atoms with van der Waals surface area (Å²) >= 11 is 0. The van der Waals surface area contributed by atoms with Crippen LogP contribution in [0.15, 0.2) is 30.6 Å². The standard InChI is InChI=1S/C18H17F6N5O/c1-12-7-13(9-14(8-12)18(22,23)24)16-25-11-27(26-16)6-3-15(30)29-5-2-4-28(29)10-17(19,20)21/h3,6-9,11H,2,4-5,10H2,1H3/b6-3-. The lowest BCUT2D eigenvalue weighted by molar-refractivity contribution is -0.176. The molecular weight excluding hydrogens is 416 g/mol. The molecule has 3 rings (SSSR count). The Balaban J connectivity index is 1.73. The summed E-state index contributed by atoms with van der Waals surface area (Å²) in [6.45, 7) is 0.554. The summed E-state index contributed by atoms with van der Waals surface area (Å²) < 4.78 is 77.9. The predicted octanol–water partition coefficient (Wildman–Crippen LogP) is 3.75. The number of hydrogen-bond acceptors (Lipinski definition) is 4. The van der Waals surface area contributed by atoms with Crippen molar-refractivity contribution in [2.75, 3.05) is 19.6 Å². The maximum absolute atomic E-state index is 13.0. The third-order valence-corrected chi connectivity index (χ3v) is 4.29. The van der Waals surface area contributed by atoms with Crippen LogP contribution in [0.5, 0.6) is 0 Å². The fraction of sp³-hybridized carbons (Fsp3) is 0.389. The van der Waals surface area contributed by atoms with Crippen molar-refractivity contribution in [1.82, 2.24) is 24.8 Å². The molecular formula is C18H17F6N5O. The van der Waals surface area contributed by atoms with Gasteiger partial charge in [-0.25, -0.2) is 14.7 Å². The number of halogens is 6. The highest BCUT2D eigenvalue weighted by Gasteiger charge is 2.36. The number of alkyl halides is 6. The van der Waals surface area contributed by atoms with E-state index in [1.807, 2.05) is 0 Å². The van der Waals surface area contributed by atoms with Gasteiger partial charge in [0.2, 0.25) is 0 Å². The number of rotatable bonds is 4. The van der Waals surface area contributed by atoms with Gasteiger partial charge in [0.15, 0.2) is 5.82 Å². The summed E-state index contributed by atoms with van der Waals surface area (Å²) in [5.41, 5.74) is -0.309. The van der Waals surface area contributed by atoms with Gasteiger partial charge < -0.3 is 0 Å². The van der Waals surface area contributed by atoms with Crippen LogP contribution in [0.1, 0.15) is 17.5 Å². The normalized spacial score (nSPS) is 16.0. The molecule has 1 saturated heterocycles. The number of amides is 1. The Hall–Kier alpha value is -2.89. The minimum atomic E-state index is -4.52. The van der Waals surface area contributed by atoms with Crippen LogP contribution in [-0.4, -0.2) is 56.5 Å². The summed E-state index contributed by atoms with van der Waals surface area (Å²) in [7, 11) is 0. The lowest BCUT2D eigenvalue weighted by Gasteiger charge is -2.27. The van der Waals surface area contributed by atoms with E-state index in [9.17, 15) is 31.1 Å². The Morgan fingerprint density at radius 1 is 1.13 bits per heavy atom. The molecule has 1 aliphatic heterocycles. The second-order valence-corrected chi connectivity index (χ2v) is 6.77. The Labute approximate surface area is 167 Å². The van der Waals surface area contributed by atoms with Crippen LogP contribution < -0.4 is 0 Å². The minimum Gasteiger partial charge on any atom is -0.271 e. The highest BCUT2D eigenvalue weighted by Crippen LogP contribution is 2.32. The quantitative estimate of drug-likeness (QED) is 0.545. The van der Waals surface area contributed by atoms with E-state index in [1.165, 1.54) is 25.5 Å². The molecule has 0 bridgehead atoms. The van der Waals surface area contributed by atoms with Gasteiger partial charge in [-0.1, -0.05) is 0 Å². The number of hydrogen-bond donors (Lipinski definition) is 0. The van der Waals surface area contributed by atoms with Gasteiger partial charge in [-0.3, -0.25) is 9.80 Å². The molecule has 1 aliphatic rings. The Morgan fingerprint density at radius 3 is 2.53 bits per heavy atom. The zero-order valence-corrected chi connectivity index (χ0v) is 15.7. The first-order valence-corrected chi connectivity index (χ1v) is 8.84. The van der Waals surface area contributed by atoms with Crippen LogP contribution >= 0.6 is 0 Å². The molecule has 1 aromatic carbocycles. The van der Waals surface area contributed by atoms with Crippen LogP contribution in [0.2, 0.25) is 0 Å². The molecule has 162 valence electrons. The van der Waals surface area contributed by atoms with Crippen LogP contribution in [0.4, 0.5) is 26.3 Å². The Kier molecular flexibility index (Phi) is 5.88. The predicted molar refractivity (Wildman–Crippen MR) is 94.5 cm³/mol. The fourth-order valence-corrected chi connectivity index (χ4v) is 3.07. The summed E-state index contributed by atoms with van der Waals surface area (Å²) in [4.78, 5) is 16.2. The minimum absolute atomic E-state index is 0.0150. The second-order valence-electron chi connectivity index (χ2n) is 6.77. The van der Waals surface area contributed by atoms with Crippen molar-refractivity contribution in [2.24, 2.45) is 0 Å². The van der Waals surface area contributed by atoms with Crippen molar-refractivity contribution in [3.63, 3.8) is 0 Å². The third-order valence-electron chi connectivity index (χ3n) is 4.29. The second kappa shape index (κ2) is 8.09. The largest absolute Gasteiger partial charge is 0.416 e. The Morgan fingerprint density at radius 2 is 1.87 bits per heavy atom. The summed E-state index contributed by atoms with van der Waals surface area (Å²) in [6, 6.07) is 3.41. The van der Waals surface area contributed by atoms with Gasteiger partial charge in [0, 0.05) is 30.9 Å². The Bertz CT molecular complexity index is 949. The number of carbonyl (C=O) groups is 1. The lowest BCUT2D eigenvalue weighted by Crippen LogP contribution is -2.45. The maximum atomic E-state index is 13.0. The van der Waals surface area contributed by atoms with Crippen molar-refractivity contribution in [3.8, 4) is 11.4 Å². The molecule has 0 atom stereocenters. The van der Waals surface area contributed by atoms with Crippen LogP contribution in [0.25, 0.3) is 17.6 Å². The molecule has 1 aromatic heterocycles. The highest BCUT2D eigenvalue weighted by molar-refractivity contribution is 5.89. The number of nitrogens with zero attached hydrogens (tertiary/aromatic N) is 5. The molecule has 6 nitrogen and oxygen atoms in total. The monoisotopic (exact) mass is 433 g/mol. The fourth-order valence-electron chi connectivity index (χ4n) is 3.07. The average molecular weight is 433 g/mol. The van der Waals surface area contributed by atoms with Crippen molar-refractivity contribution in [1.29, 1.82) is 0 Å². The smallest absolute Gasteiger partial charge is 0.271 e. The van der Waals surface area contributed by atoms with E-state index in [0.29, 0.717) is 12.0 Å². The molecule has 1 amide bonds. The van der Waals surface area contributed by atoms with E-state index in [-0.39, 0.29) is 24.5 Å².